The third-order valence-electron chi connectivity index (χ3n) is 6.20. The van der Waals surface area contributed by atoms with Gasteiger partial charge in [-0.1, -0.05) is 18.2 Å². The number of amides is 1. The lowest BCUT2D eigenvalue weighted by Gasteiger charge is -2.32. The molecule has 2 aromatic carbocycles. The van der Waals surface area contributed by atoms with E-state index in [2.05, 4.69) is 4.98 Å². The number of hydrogen-bond acceptors (Lipinski definition) is 2. The molecule has 0 saturated carbocycles. The number of carbonyl (C=O) groups is 1. The highest BCUT2D eigenvalue weighted by Crippen LogP contribution is 2.38. The van der Waals surface area contributed by atoms with Crippen LogP contribution in [0.15, 0.2) is 67.0 Å². The number of hydrogen-bond donors (Lipinski definition) is 0. The van der Waals surface area contributed by atoms with Crippen LogP contribution < -0.4 is 0 Å². The van der Waals surface area contributed by atoms with Gasteiger partial charge in [-0.25, -0.2) is 0 Å². The van der Waals surface area contributed by atoms with Gasteiger partial charge in [-0.3, -0.25) is 9.78 Å². The number of benzene rings is 2. The molecule has 1 saturated heterocycles. The fourth-order valence-corrected chi connectivity index (χ4v) is 4.30. The van der Waals surface area contributed by atoms with Crippen LogP contribution in [0.4, 0.5) is 26.3 Å². The summed E-state index contributed by atoms with van der Waals surface area (Å²) >= 11 is 0. The summed E-state index contributed by atoms with van der Waals surface area (Å²) in [6, 6.07) is 11.0. The Bertz CT molecular complexity index is 1130. The summed E-state index contributed by atoms with van der Waals surface area (Å²) in [7, 11) is 0. The minimum Gasteiger partial charge on any atom is -0.339 e. The predicted octanol–water partition coefficient (Wildman–Crippen LogP) is 6.88. The van der Waals surface area contributed by atoms with Crippen molar-refractivity contribution in [2.75, 3.05) is 13.1 Å². The van der Waals surface area contributed by atoms with E-state index in [9.17, 15) is 31.1 Å². The number of pyridine rings is 1. The molecule has 0 unspecified atom stereocenters. The molecule has 3 aromatic rings. The first-order valence-electron chi connectivity index (χ1n) is 11.1. The third-order valence-corrected chi connectivity index (χ3v) is 6.20. The summed E-state index contributed by atoms with van der Waals surface area (Å²) in [6.45, 7) is 1.15. The molecule has 0 bridgehead atoms. The monoisotopic (exact) mass is 492 g/mol. The Kier molecular flexibility index (Phi) is 6.87. The second-order valence-corrected chi connectivity index (χ2v) is 8.67. The average Bonchev–Trinajstić information content (AvgIpc) is 2.83. The maximum absolute atomic E-state index is 13.2. The Morgan fingerprint density at radius 3 is 1.97 bits per heavy atom. The van der Waals surface area contributed by atoms with Gasteiger partial charge in [0.25, 0.3) is 5.91 Å². The van der Waals surface area contributed by atoms with E-state index in [1.807, 2.05) is 18.3 Å². The lowest BCUT2D eigenvalue weighted by Crippen LogP contribution is -2.38. The van der Waals surface area contributed by atoms with Crippen LogP contribution in [-0.2, 0) is 18.8 Å². The molecule has 0 radical (unpaired) electrons. The van der Waals surface area contributed by atoms with Crippen LogP contribution in [0.1, 0.15) is 39.9 Å². The van der Waals surface area contributed by atoms with E-state index in [1.165, 1.54) is 24.3 Å². The van der Waals surface area contributed by atoms with Crippen molar-refractivity contribution < 1.29 is 31.1 Å². The van der Waals surface area contributed by atoms with Crippen molar-refractivity contribution in [2.24, 2.45) is 5.92 Å². The van der Waals surface area contributed by atoms with Gasteiger partial charge in [0.15, 0.2) is 0 Å². The molecule has 3 nitrogen and oxygen atoms in total. The first-order valence-corrected chi connectivity index (χ1v) is 11.1. The first-order chi connectivity index (χ1) is 16.5. The molecule has 9 heteroatoms. The largest absolute Gasteiger partial charge is 0.416 e. The average molecular weight is 492 g/mol. The number of nitrogens with zero attached hydrogens (tertiary/aromatic N) is 2. The predicted molar refractivity (Wildman–Crippen MR) is 118 cm³/mol. The van der Waals surface area contributed by atoms with Crippen molar-refractivity contribution in [3.63, 3.8) is 0 Å². The van der Waals surface area contributed by atoms with Crippen molar-refractivity contribution >= 4 is 5.91 Å². The highest BCUT2D eigenvalue weighted by molar-refractivity contribution is 5.94. The fourth-order valence-electron chi connectivity index (χ4n) is 4.30. The Hall–Kier alpha value is -3.36. The summed E-state index contributed by atoms with van der Waals surface area (Å²) < 4.78 is 78.9. The lowest BCUT2D eigenvalue weighted by molar-refractivity contribution is -0.143. The van der Waals surface area contributed by atoms with Gasteiger partial charge in [0, 0.05) is 31.0 Å². The summed E-state index contributed by atoms with van der Waals surface area (Å²) in [6.07, 6.45) is -3.72. The van der Waals surface area contributed by atoms with E-state index in [0.717, 1.165) is 24.8 Å². The van der Waals surface area contributed by atoms with Crippen LogP contribution in [-0.4, -0.2) is 28.9 Å². The van der Waals surface area contributed by atoms with E-state index in [0.29, 0.717) is 36.7 Å². The van der Waals surface area contributed by atoms with Crippen LogP contribution in [0.3, 0.4) is 0 Å². The molecule has 0 spiro atoms. The van der Waals surface area contributed by atoms with E-state index in [-0.39, 0.29) is 23.1 Å². The molecule has 1 aliphatic rings. The van der Waals surface area contributed by atoms with Crippen LogP contribution in [0.2, 0.25) is 0 Å². The third kappa shape index (κ3) is 6.01. The Balaban J connectivity index is 1.46. The van der Waals surface area contributed by atoms with Gasteiger partial charge in [-0.2, -0.15) is 26.3 Å². The number of alkyl halides is 6. The Morgan fingerprint density at radius 1 is 0.857 bits per heavy atom. The first kappa shape index (κ1) is 24.8. The zero-order valence-corrected chi connectivity index (χ0v) is 18.5. The van der Waals surface area contributed by atoms with Crippen molar-refractivity contribution in [3.8, 4) is 11.1 Å². The summed E-state index contributed by atoms with van der Waals surface area (Å²) in [5.41, 5.74) is -1.33. The van der Waals surface area contributed by atoms with E-state index in [1.54, 1.807) is 11.1 Å². The molecule has 0 aliphatic carbocycles. The Labute approximate surface area is 198 Å². The fraction of sp³-hybridized carbons (Fsp3) is 0.308. The van der Waals surface area contributed by atoms with Crippen molar-refractivity contribution in [3.05, 3.63) is 89.2 Å². The van der Waals surface area contributed by atoms with Crippen LogP contribution in [0.5, 0.6) is 0 Å². The minimum absolute atomic E-state index is 0.0965. The SMILES string of the molecule is O=C(c1ccc(-c2cc(C(F)(F)F)cc(C(F)(F)F)c2)cc1)N1CCC(Cc2cccnc2)CC1. The van der Waals surface area contributed by atoms with Gasteiger partial charge in [0.2, 0.25) is 0 Å². The quantitative estimate of drug-likeness (QED) is 0.372. The number of halogens is 6. The van der Waals surface area contributed by atoms with Crippen LogP contribution in [0, 0.1) is 5.92 Å². The molecule has 1 aromatic heterocycles. The molecule has 0 N–H and O–H groups in total. The minimum atomic E-state index is -4.92. The van der Waals surface area contributed by atoms with Gasteiger partial charge in [-0.15, -0.1) is 0 Å². The van der Waals surface area contributed by atoms with E-state index >= 15 is 0 Å². The lowest BCUT2D eigenvalue weighted by atomic mass is 9.90. The standard InChI is InChI=1S/C26H22F6N2O/c27-25(28,29)22-13-21(14-23(15-22)26(30,31)32)19-3-5-20(6-4-19)24(35)34-10-7-17(8-11-34)12-18-2-1-9-33-16-18/h1-6,9,13-17H,7-8,10-12H2. The maximum atomic E-state index is 13.2. The van der Waals surface area contributed by atoms with Gasteiger partial charge in [0.1, 0.15) is 0 Å². The van der Waals surface area contributed by atoms with Crippen molar-refractivity contribution in [2.45, 2.75) is 31.6 Å². The second kappa shape index (κ2) is 9.71. The number of piperidine rings is 1. The summed E-state index contributed by atoms with van der Waals surface area (Å²) in [4.78, 5) is 18.7. The topological polar surface area (TPSA) is 33.2 Å². The van der Waals surface area contributed by atoms with Gasteiger partial charge < -0.3 is 4.90 Å². The van der Waals surface area contributed by atoms with Gasteiger partial charge in [-0.05, 0) is 78.3 Å². The zero-order valence-electron chi connectivity index (χ0n) is 18.5. The highest BCUT2D eigenvalue weighted by atomic mass is 19.4. The molecule has 35 heavy (non-hydrogen) atoms. The van der Waals surface area contributed by atoms with Gasteiger partial charge >= 0.3 is 12.4 Å². The zero-order chi connectivity index (χ0) is 25.2. The smallest absolute Gasteiger partial charge is 0.339 e. The molecule has 2 heterocycles. The molecule has 184 valence electrons. The highest BCUT2D eigenvalue weighted by Gasteiger charge is 2.37. The maximum Gasteiger partial charge on any atom is 0.416 e. The van der Waals surface area contributed by atoms with Crippen LogP contribution >= 0.6 is 0 Å². The molecular formula is C26H22F6N2O. The molecule has 0 atom stereocenters. The molecule has 1 amide bonds. The second-order valence-electron chi connectivity index (χ2n) is 8.67. The number of aromatic nitrogens is 1. The number of carbonyl (C=O) groups excluding carboxylic acids is 1. The molecular weight excluding hydrogens is 470 g/mol. The van der Waals surface area contributed by atoms with E-state index in [4.69, 9.17) is 0 Å². The van der Waals surface area contributed by atoms with Crippen molar-refractivity contribution in [1.29, 1.82) is 0 Å². The Morgan fingerprint density at radius 2 is 1.46 bits per heavy atom. The normalized spacial score (nSPS) is 15.3. The van der Waals surface area contributed by atoms with E-state index < -0.39 is 23.5 Å². The number of likely N-dealkylation sites (tertiary alicyclic amines) is 1. The van der Waals surface area contributed by atoms with Crippen LogP contribution in [0.25, 0.3) is 11.1 Å². The molecule has 4 rings (SSSR count). The summed E-state index contributed by atoms with van der Waals surface area (Å²) in [5, 5.41) is 0. The van der Waals surface area contributed by atoms with Crippen molar-refractivity contribution in [1.82, 2.24) is 9.88 Å². The number of rotatable bonds is 4. The van der Waals surface area contributed by atoms with Gasteiger partial charge in [0.05, 0.1) is 11.1 Å². The molecule has 1 fully saturated rings. The molecule has 1 aliphatic heterocycles. The summed E-state index contributed by atoms with van der Waals surface area (Å²) in [5.74, 6) is 0.228.